The topological polar surface area (TPSA) is 56.7 Å². The maximum absolute atomic E-state index is 6.10. The summed E-state index contributed by atoms with van der Waals surface area (Å²) in [6.07, 6.45) is 5.32. The SMILES string of the molecule is CCn1cnnc1-c1c(N)sc2c1CCC2. The Kier molecular flexibility index (Phi) is 2.21. The van der Waals surface area contributed by atoms with E-state index in [-0.39, 0.29) is 0 Å². The van der Waals surface area contributed by atoms with Gasteiger partial charge in [-0.25, -0.2) is 0 Å². The molecule has 2 aromatic rings. The van der Waals surface area contributed by atoms with E-state index in [1.54, 1.807) is 17.7 Å². The Bertz CT molecular complexity index is 526. The molecule has 1 aliphatic rings. The molecule has 0 radical (unpaired) electrons. The second-order valence-corrected chi connectivity index (χ2v) is 5.17. The highest BCUT2D eigenvalue weighted by atomic mass is 32.1. The van der Waals surface area contributed by atoms with Crippen LogP contribution in [0.15, 0.2) is 6.33 Å². The third-order valence-corrected chi connectivity index (χ3v) is 4.25. The lowest BCUT2D eigenvalue weighted by Gasteiger charge is -2.04. The molecule has 0 unspecified atom stereocenters. The maximum atomic E-state index is 6.10. The van der Waals surface area contributed by atoms with Crippen molar-refractivity contribution in [3.63, 3.8) is 0 Å². The number of hydrogen-bond acceptors (Lipinski definition) is 4. The van der Waals surface area contributed by atoms with Gasteiger partial charge in [-0.15, -0.1) is 21.5 Å². The number of hydrogen-bond donors (Lipinski definition) is 1. The average Bonchev–Trinajstić information content (AvgIpc) is 2.91. The molecule has 0 amide bonds. The minimum absolute atomic E-state index is 0.881. The summed E-state index contributed by atoms with van der Waals surface area (Å²) in [5, 5.41) is 9.08. The Labute approximate surface area is 98.1 Å². The van der Waals surface area contributed by atoms with Gasteiger partial charge in [0.05, 0.1) is 10.6 Å². The molecule has 0 aromatic carbocycles. The highest BCUT2D eigenvalue weighted by Crippen LogP contribution is 2.42. The molecule has 0 atom stereocenters. The Hall–Kier alpha value is -1.36. The molecular weight excluding hydrogens is 220 g/mol. The number of anilines is 1. The van der Waals surface area contributed by atoms with E-state index in [4.69, 9.17) is 5.73 Å². The summed E-state index contributed by atoms with van der Waals surface area (Å²) in [5.74, 6) is 0.930. The van der Waals surface area contributed by atoms with Gasteiger partial charge in [-0.1, -0.05) is 0 Å². The number of rotatable bonds is 2. The number of nitrogen functional groups attached to an aromatic ring is 1. The largest absolute Gasteiger partial charge is 0.390 e. The highest BCUT2D eigenvalue weighted by molar-refractivity contribution is 7.16. The molecule has 0 spiro atoms. The van der Waals surface area contributed by atoms with Crippen molar-refractivity contribution >= 4 is 16.3 Å². The lowest BCUT2D eigenvalue weighted by atomic mass is 10.1. The van der Waals surface area contributed by atoms with Gasteiger partial charge in [0.15, 0.2) is 5.82 Å². The van der Waals surface area contributed by atoms with Gasteiger partial charge < -0.3 is 10.3 Å². The smallest absolute Gasteiger partial charge is 0.166 e. The van der Waals surface area contributed by atoms with Crippen LogP contribution in [0.5, 0.6) is 0 Å². The zero-order chi connectivity index (χ0) is 11.1. The van der Waals surface area contributed by atoms with Crippen LogP contribution in [0.4, 0.5) is 5.00 Å². The van der Waals surface area contributed by atoms with Gasteiger partial charge in [0.2, 0.25) is 0 Å². The third kappa shape index (κ3) is 1.28. The highest BCUT2D eigenvalue weighted by Gasteiger charge is 2.24. The molecule has 2 N–H and O–H groups in total. The number of nitrogens with two attached hydrogens (primary N) is 1. The number of aryl methyl sites for hydroxylation is 2. The van der Waals surface area contributed by atoms with Gasteiger partial charge in [0.1, 0.15) is 6.33 Å². The first-order chi connectivity index (χ1) is 7.81. The number of aromatic nitrogens is 3. The van der Waals surface area contributed by atoms with Crippen LogP contribution < -0.4 is 5.73 Å². The first-order valence-corrected chi connectivity index (χ1v) is 6.41. The fourth-order valence-electron chi connectivity index (χ4n) is 2.35. The summed E-state index contributed by atoms with van der Waals surface area (Å²) < 4.78 is 2.05. The average molecular weight is 234 g/mol. The Balaban J connectivity index is 2.19. The van der Waals surface area contributed by atoms with Crippen LogP contribution in [0.3, 0.4) is 0 Å². The van der Waals surface area contributed by atoms with E-state index in [1.807, 2.05) is 0 Å². The molecule has 84 valence electrons. The fourth-order valence-corrected chi connectivity index (χ4v) is 3.51. The number of thiophene rings is 1. The van der Waals surface area contributed by atoms with E-state index in [0.29, 0.717) is 0 Å². The van der Waals surface area contributed by atoms with Crippen molar-refractivity contribution in [1.82, 2.24) is 14.8 Å². The van der Waals surface area contributed by atoms with Crippen LogP contribution in [0.1, 0.15) is 23.8 Å². The van der Waals surface area contributed by atoms with Crippen LogP contribution in [0.25, 0.3) is 11.4 Å². The first kappa shape index (κ1) is 9.84. The monoisotopic (exact) mass is 234 g/mol. The molecule has 0 bridgehead atoms. The fraction of sp³-hybridized carbons (Fsp3) is 0.455. The van der Waals surface area contributed by atoms with Crippen molar-refractivity contribution in [3.8, 4) is 11.4 Å². The molecule has 0 saturated heterocycles. The lowest BCUT2D eigenvalue weighted by molar-refractivity contribution is 0.766. The third-order valence-electron chi connectivity index (χ3n) is 3.13. The summed E-state index contributed by atoms with van der Waals surface area (Å²) >= 11 is 1.72. The molecule has 0 aliphatic heterocycles. The van der Waals surface area contributed by atoms with Crippen molar-refractivity contribution in [1.29, 1.82) is 0 Å². The van der Waals surface area contributed by atoms with Gasteiger partial charge >= 0.3 is 0 Å². The molecule has 0 saturated carbocycles. The number of fused-ring (bicyclic) bond motifs is 1. The number of nitrogens with zero attached hydrogens (tertiary/aromatic N) is 3. The van der Waals surface area contributed by atoms with Crippen molar-refractivity contribution in [3.05, 3.63) is 16.8 Å². The van der Waals surface area contributed by atoms with E-state index < -0.39 is 0 Å². The molecule has 4 nitrogen and oxygen atoms in total. The van der Waals surface area contributed by atoms with Crippen molar-refractivity contribution < 1.29 is 0 Å². The normalized spacial score (nSPS) is 14.3. The van der Waals surface area contributed by atoms with E-state index in [1.165, 1.54) is 23.3 Å². The van der Waals surface area contributed by atoms with Gasteiger partial charge in [0.25, 0.3) is 0 Å². The van der Waals surface area contributed by atoms with Crippen LogP contribution in [-0.4, -0.2) is 14.8 Å². The van der Waals surface area contributed by atoms with Crippen molar-refractivity contribution in [2.24, 2.45) is 0 Å². The van der Waals surface area contributed by atoms with Crippen molar-refractivity contribution in [2.75, 3.05) is 5.73 Å². The molecule has 1 aliphatic carbocycles. The van der Waals surface area contributed by atoms with Crippen molar-refractivity contribution in [2.45, 2.75) is 32.7 Å². The van der Waals surface area contributed by atoms with Gasteiger partial charge in [0, 0.05) is 11.4 Å². The quantitative estimate of drug-likeness (QED) is 0.865. The first-order valence-electron chi connectivity index (χ1n) is 5.59. The molecule has 16 heavy (non-hydrogen) atoms. The minimum atomic E-state index is 0.881. The Morgan fingerprint density at radius 2 is 2.38 bits per heavy atom. The van der Waals surface area contributed by atoms with Gasteiger partial charge in [-0.3, -0.25) is 0 Å². The van der Waals surface area contributed by atoms with Crippen LogP contribution in [0, 0.1) is 0 Å². The van der Waals surface area contributed by atoms with Gasteiger partial charge in [-0.2, -0.15) is 0 Å². The van der Waals surface area contributed by atoms with Crippen LogP contribution in [0.2, 0.25) is 0 Å². The second kappa shape index (κ2) is 3.59. The van der Waals surface area contributed by atoms with Crippen LogP contribution in [-0.2, 0) is 19.4 Å². The van der Waals surface area contributed by atoms with Gasteiger partial charge in [-0.05, 0) is 31.7 Å². The zero-order valence-electron chi connectivity index (χ0n) is 9.23. The van der Waals surface area contributed by atoms with Crippen LogP contribution >= 0.6 is 11.3 Å². The summed E-state index contributed by atoms with van der Waals surface area (Å²) in [7, 11) is 0. The summed E-state index contributed by atoms with van der Waals surface area (Å²) in [6, 6.07) is 0. The molecule has 3 rings (SSSR count). The Morgan fingerprint density at radius 1 is 1.50 bits per heavy atom. The van der Waals surface area contributed by atoms with E-state index in [0.717, 1.165) is 29.4 Å². The molecule has 5 heteroatoms. The summed E-state index contributed by atoms with van der Waals surface area (Å²) in [4.78, 5) is 1.44. The Morgan fingerprint density at radius 3 is 3.19 bits per heavy atom. The lowest BCUT2D eigenvalue weighted by Crippen LogP contribution is -1.99. The zero-order valence-corrected chi connectivity index (χ0v) is 10.0. The molecule has 2 heterocycles. The standard InChI is InChI=1S/C11H14N4S/c1-2-15-6-13-14-11(15)9-7-4-3-5-8(7)16-10(9)12/h6H,2-5,12H2,1H3. The minimum Gasteiger partial charge on any atom is -0.390 e. The summed E-state index contributed by atoms with van der Waals surface area (Å²) in [6.45, 7) is 2.97. The molecule has 2 aromatic heterocycles. The van der Waals surface area contributed by atoms with E-state index in [9.17, 15) is 0 Å². The predicted octanol–water partition coefficient (Wildman–Crippen LogP) is 2.10. The molecule has 0 fully saturated rings. The van der Waals surface area contributed by atoms with E-state index in [2.05, 4.69) is 21.7 Å². The van der Waals surface area contributed by atoms with E-state index >= 15 is 0 Å². The molecular formula is C11H14N4S. The summed E-state index contributed by atoms with van der Waals surface area (Å²) in [5.41, 5.74) is 8.65. The predicted molar refractivity (Wildman–Crippen MR) is 65.4 cm³/mol. The second-order valence-electron chi connectivity index (χ2n) is 4.04. The maximum Gasteiger partial charge on any atom is 0.166 e.